The molecule has 1 aliphatic rings. The molecule has 116 valence electrons. The summed E-state index contributed by atoms with van der Waals surface area (Å²) in [5.41, 5.74) is 1.71. The van der Waals surface area contributed by atoms with Crippen LogP contribution in [0.2, 0.25) is 0 Å². The van der Waals surface area contributed by atoms with Crippen LogP contribution in [0.15, 0.2) is 12.3 Å². The Bertz CT molecular complexity index is 523. The Balaban J connectivity index is 2.09. The lowest BCUT2D eigenvalue weighted by Gasteiger charge is -2.24. The highest BCUT2D eigenvalue weighted by Gasteiger charge is 2.32. The number of pyridine rings is 1. The van der Waals surface area contributed by atoms with Crippen LogP contribution in [0.4, 0.5) is 4.79 Å². The lowest BCUT2D eigenvalue weighted by Crippen LogP contribution is -2.35. The van der Waals surface area contributed by atoms with Crippen molar-refractivity contribution >= 4 is 6.09 Å². The van der Waals surface area contributed by atoms with Crippen LogP contribution in [0.1, 0.15) is 44.2 Å². The molecule has 0 aliphatic carbocycles. The zero-order chi connectivity index (χ0) is 15.6. The molecular formula is C16H24N2O3. The van der Waals surface area contributed by atoms with Crippen LogP contribution in [-0.2, 0) is 4.74 Å². The van der Waals surface area contributed by atoms with E-state index in [1.807, 2.05) is 27.7 Å². The normalized spacial score (nSPS) is 18.7. The molecule has 1 amide bonds. The molecule has 2 heterocycles. The average molecular weight is 292 g/mol. The number of amides is 1. The number of aryl methyl sites for hydroxylation is 1. The minimum absolute atomic E-state index is 0.246. The van der Waals surface area contributed by atoms with E-state index < -0.39 is 5.60 Å². The van der Waals surface area contributed by atoms with Crippen molar-refractivity contribution in [2.24, 2.45) is 0 Å². The molecule has 5 heteroatoms. The molecule has 1 aromatic heterocycles. The Morgan fingerprint density at radius 1 is 1.43 bits per heavy atom. The van der Waals surface area contributed by atoms with Crippen molar-refractivity contribution in [3.8, 4) is 5.88 Å². The molecule has 1 aromatic rings. The Labute approximate surface area is 126 Å². The van der Waals surface area contributed by atoms with Crippen molar-refractivity contribution in [2.45, 2.75) is 45.6 Å². The summed E-state index contributed by atoms with van der Waals surface area (Å²) in [5, 5.41) is 0. The van der Waals surface area contributed by atoms with Gasteiger partial charge in [0, 0.05) is 30.8 Å². The number of ether oxygens (including phenoxy) is 2. The molecule has 1 atom stereocenters. The van der Waals surface area contributed by atoms with Crippen LogP contribution in [0.5, 0.6) is 5.88 Å². The SMILES string of the molecule is COc1ncc(C)cc1[C@@H]1CCN(C(=O)OC(C)(C)C)C1. The lowest BCUT2D eigenvalue weighted by atomic mass is 9.98. The van der Waals surface area contributed by atoms with Gasteiger partial charge in [0.1, 0.15) is 5.60 Å². The number of nitrogens with zero attached hydrogens (tertiary/aromatic N) is 2. The first-order valence-electron chi connectivity index (χ1n) is 7.28. The summed E-state index contributed by atoms with van der Waals surface area (Å²) in [6, 6.07) is 2.09. The van der Waals surface area contributed by atoms with Crippen molar-refractivity contribution in [2.75, 3.05) is 20.2 Å². The van der Waals surface area contributed by atoms with Crippen LogP contribution >= 0.6 is 0 Å². The van der Waals surface area contributed by atoms with Gasteiger partial charge in [0.15, 0.2) is 0 Å². The van der Waals surface area contributed by atoms with E-state index >= 15 is 0 Å². The van der Waals surface area contributed by atoms with E-state index in [1.54, 1.807) is 18.2 Å². The summed E-state index contributed by atoms with van der Waals surface area (Å²) in [6.45, 7) is 9.01. The first-order valence-corrected chi connectivity index (χ1v) is 7.28. The molecule has 0 N–H and O–H groups in total. The fraction of sp³-hybridized carbons (Fsp3) is 0.625. The molecule has 2 rings (SSSR count). The van der Waals surface area contributed by atoms with E-state index in [4.69, 9.17) is 9.47 Å². The number of aromatic nitrogens is 1. The zero-order valence-corrected chi connectivity index (χ0v) is 13.5. The molecule has 1 aliphatic heterocycles. The van der Waals surface area contributed by atoms with Crippen LogP contribution < -0.4 is 4.74 Å². The summed E-state index contributed by atoms with van der Waals surface area (Å²) in [4.78, 5) is 18.2. The van der Waals surface area contributed by atoms with Gasteiger partial charge in [0.2, 0.25) is 5.88 Å². The van der Waals surface area contributed by atoms with Crippen molar-refractivity contribution in [3.05, 3.63) is 23.4 Å². The Hall–Kier alpha value is -1.78. The highest BCUT2D eigenvalue weighted by atomic mass is 16.6. The third kappa shape index (κ3) is 3.86. The Morgan fingerprint density at radius 3 is 2.76 bits per heavy atom. The van der Waals surface area contributed by atoms with Crippen molar-refractivity contribution < 1.29 is 14.3 Å². The monoisotopic (exact) mass is 292 g/mol. The third-order valence-corrected chi connectivity index (χ3v) is 3.49. The molecule has 0 bridgehead atoms. The first-order chi connectivity index (χ1) is 9.80. The van der Waals surface area contributed by atoms with Crippen molar-refractivity contribution in [1.82, 2.24) is 9.88 Å². The average Bonchev–Trinajstić information content (AvgIpc) is 2.86. The summed E-state index contributed by atoms with van der Waals surface area (Å²) in [5.74, 6) is 0.900. The summed E-state index contributed by atoms with van der Waals surface area (Å²) in [7, 11) is 1.63. The van der Waals surface area contributed by atoms with Gasteiger partial charge in [-0.2, -0.15) is 0 Å². The summed E-state index contributed by atoms with van der Waals surface area (Å²) < 4.78 is 10.8. The molecular weight excluding hydrogens is 268 g/mol. The topological polar surface area (TPSA) is 51.7 Å². The van der Waals surface area contributed by atoms with Crippen LogP contribution in [-0.4, -0.2) is 41.8 Å². The van der Waals surface area contributed by atoms with Gasteiger partial charge in [0.25, 0.3) is 0 Å². The van der Waals surface area contributed by atoms with Crippen molar-refractivity contribution in [3.63, 3.8) is 0 Å². The number of carbonyl (C=O) groups excluding carboxylic acids is 1. The number of carbonyl (C=O) groups is 1. The minimum atomic E-state index is -0.461. The number of likely N-dealkylation sites (tertiary alicyclic amines) is 1. The minimum Gasteiger partial charge on any atom is -0.481 e. The van der Waals surface area contributed by atoms with E-state index in [9.17, 15) is 4.79 Å². The van der Waals surface area contributed by atoms with E-state index in [-0.39, 0.29) is 12.0 Å². The zero-order valence-electron chi connectivity index (χ0n) is 13.5. The van der Waals surface area contributed by atoms with Gasteiger partial charge in [-0.25, -0.2) is 9.78 Å². The van der Waals surface area contributed by atoms with E-state index in [2.05, 4.69) is 11.1 Å². The maximum absolute atomic E-state index is 12.1. The maximum atomic E-state index is 12.1. The van der Waals surface area contributed by atoms with Crippen LogP contribution in [0, 0.1) is 6.92 Å². The summed E-state index contributed by atoms with van der Waals surface area (Å²) >= 11 is 0. The largest absolute Gasteiger partial charge is 0.481 e. The lowest BCUT2D eigenvalue weighted by molar-refractivity contribution is 0.0292. The second kappa shape index (κ2) is 5.92. The molecule has 0 aromatic carbocycles. The number of methoxy groups -OCH3 is 1. The van der Waals surface area contributed by atoms with Crippen molar-refractivity contribution in [1.29, 1.82) is 0 Å². The van der Waals surface area contributed by atoms with Gasteiger partial charge in [-0.1, -0.05) is 0 Å². The standard InChI is InChI=1S/C16H24N2O3/c1-11-8-13(14(20-5)17-9-11)12-6-7-18(10-12)15(19)21-16(2,3)4/h8-9,12H,6-7,10H2,1-5H3/t12-/m1/s1. The fourth-order valence-electron chi connectivity index (χ4n) is 2.55. The van der Waals surface area contributed by atoms with Gasteiger partial charge in [-0.05, 0) is 45.7 Å². The molecule has 21 heavy (non-hydrogen) atoms. The van der Waals surface area contributed by atoms with Gasteiger partial charge in [-0.15, -0.1) is 0 Å². The molecule has 1 fully saturated rings. The molecule has 0 spiro atoms. The van der Waals surface area contributed by atoms with Gasteiger partial charge < -0.3 is 14.4 Å². The molecule has 0 saturated carbocycles. The van der Waals surface area contributed by atoms with E-state index in [1.165, 1.54) is 0 Å². The molecule has 5 nitrogen and oxygen atoms in total. The molecule has 0 unspecified atom stereocenters. The number of rotatable bonds is 2. The molecule has 1 saturated heterocycles. The quantitative estimate of drug-likeness (QED) is 0.840. The highest BCUT2D eigenvalue weighted by Crippen LogP contribution is 2.33. The van der Waals surface area contributed by atoms with Crippen LogP contribution in [0.3, 0.4) is 0 Å². The maximum Gasteiger partial charge on any atom is 0.410 e. The first kappa shape index (κ1) is 15.6. The third-order valence-electron chi connectivity index (χ3n) is 3.49. The second-order valence-corrected chi connectivity index (χ2v) is 6.52. The second-order valence-electron chi connectivity index (χ2n) is 6.52. The fourth-order valence-corrected chi connectivity index (χ4v) is 2.55. The smallest absolute Gasteiger partial charge is 0.410 e. The van der Waals surface area contributed by atoms with Gasteiger partial charge in [0.05, 0.1) is 7.11 Å². The van der Waals surface area contributed by atoms with Gasteiger partial charge >= 0.3 is 6.09 Å². The Morgan fingerprint density at radius 2 is 2.14 bits per heavy atom. The summed E-state index contributed by atoms with van der Waals surface area (Å²) in [6.07, 6.45) is 2.45. The number of hydrogen-bond donors (Lipinski definition) is 0. The van der Waals surface area contributed by atoms with E-state index in [0.717, 1.165) is 17.5 Å². The van der Waals surface area contributed by atoms with Crippen LogP contribution in [0.25, 0.3) is 0 Å². The molecule has 0 radical (unpaired) electrons. The van der Waals surface area contributed by atoms with E-state index in [0.29, 0.717) is 19.0 Å². The van der Waals surface area contributed by atoms with Gasteiger partial charge in [-0.3, -0.25) is 0 Å². The predicted molar refractivity (Wildman–Crippen MR) is 80.7 cm³/mol. The Kier molecular flexibility index (Phi) is 4.40. The highest BCUT2D eigenvalue weighted by molar-refractivity contribution is 5.68. The predicted octanol–water partition coefficient (Wildman–Crippen LogP) is 3.12. The number of hydrogen-bond acceptors (Lipinski definition) is 4.